The lowest BCUT2D eigenvalue weighted by Gasteiger charge is -2.10. The first-order chi connectivity index (χ1) is 9.08. The van der Waals surface area contributed by atoms with Crippen LogP contribution in [0.2, 0.25) is 0 Å². The number of carboxylic acids is 1. The average molecular weight is 322 g/mol. The van der Waals surface area contributed by atoms with Crippen molar-refractivity contribution in [3.63, 3.8) is 0 Å². The number of aromatic carboxylic acids is 1. The van der Waals surface area contributed by atoms with Crippen LogP contribution in [0.15, 0.2) is 46.9 Å². The van der Waals surface area contributed by atoms with E-state index in [4.69, 9.17) is 15.6 Å². The first-order valence-corrected chi connectivity index (χ1v) is 6.36. The zero-order chi connectivity index (χ0) is 13.8. The van der Waals surface area contributed by atoms with E-state index in [1.807, 2.05) is 12.1 Å². The summed E-state index contributed by atoms with van der Waals surface area (Å²) in [7, 11) is 0. The predicted octanol–water partition coefficient (Wildman–Crippen LogP) is 3.31. The summed E-state index contributed by atoms with van der Waals surface area (Å²) in [5.74, 6) is -0.354. The third kappa shape index (κ3) is 3.26. The normalized spacial score (nSPS) is 10.2. The molecule has 19 heavy (non-hydrogen) atoms. The van der Waals surface area contributed by atoms with E-state index < -0.39 is 5.97 Å². The number of hydrogen-bond acceptors (Lipinski definition) is 3. The van der Waals surface area contributed by atoms with Crippen LogP contribution in [0, 0.1) is 0 Å². The van der Waals surface area contributed by atoms with Gasteiger partial charge in [0.05, 0.1) is 15.7 Å². The van der Waals surface area contributed by atoms with Gasteiger partial charge < -0.3 is 15.6 Å². The van der Waals surface area contributed by atoms with Gasteiger partial charge >= 0.3 is 5.97 Å². The van der Waals surface area contributed by atoms with Crippen molar-refractivity contribution in [1.82, 2.24) is 0 Å². The van der Waals surface area contributed by atoms with Gasteiger partial charge in [-0.3, -0.25) is 0 Å². The summed E-state index contributed by atoms with van der Waals surface area (Å²) in [5.41, 5.74) is 7.50. The van der Waals surface area contributed by atoms with Crippen LogP contribution < -0.4 is 10.5 Å². The Morgan fingerprint density at radius 1 is 1.21 bits per heavy atom. The number of rotatable bonds is 4. The van der Waals surface area contributed by atoms with Gasteiger partial charge in [-0.05, 0) is 45.8 Å². The minimum absolute atomic E-state index is 0.254. The number of anilines is 1. The third-order valence-electron chi connectivity index (χ3n) is 2.58. The molecule has 0 amide bonds. The van der Waals surface area contributed by atoms with Crippen molar-refractivity contribution in [1.29, 1.82) is 0 Å². The molecule has 3 N–H and O–H groups in total. The van der Waals surface area contributed by atoms with Crippen LogP contribution in [0.1, 0.15) is 15.9 Å². The Bertz CT molecular complexity index is 576. The van der Waals surface area contributed by atoms with Crippen molar-refractivity contribution in [2.75, 3.05) is 5.73 Å². The van der Waals surface area contributed by atoms with E-state index >= 15 is 0 Å². The van der Waals surface area contributed by atoms with Gasteiger partial charge in [-0.25, -0.2) is 4.79 Å². The van der Waals surface area contributed by atoms with Gasteiger partial charge in [0, 0.05) is 0 Å². The minimum atomic E-state index is -0.942. The van der Waals surface area contributed by atoms with Crippen LogP contribution in [-0.2, 0) is 6.61 Å². The number of carbonyl (C=O) groups is 1. The van der Waals surface area contributed by atoms with E-state index in [1.54, 1.807) is 30.3 Å². The quantitative estimate of drug-likeness (QED) is 0.847. The first-order valence-electron chi connectivity index (χ1n) is 5.57. The van der Waals surface area contributed by atoms with Crippen molar-refractivity contribution >= 4 is 27.6 Å². The van der Waals surface area contributed by atoms with Crippen LogP contribution in [0.4, 0.5) is 5.69 Å². The van der Waals surface area contributed by atoms with Crippen molar-refractivity contribution in [3.8, 4) is 5.75 Å². The van der Waals surface area contributed by atoms with Crippen LogP contribution in [-0.4, -0.2) is 11.1 Å². The van der Waals surface area contributed by atoms with Gasteiger partial charge in [0.2, 0.25) is 0 Å². The summed E-state index contributed by atoms with van der Waals surface area (Å²) < 4.78 is 6.42. The zero-order valence-electron chi connectivity index (χ0n) is 9.97. The molecule has 0 aromatic heterocycles. The lowest BCUT2D eigenvalue weighted by atomic mass is 10.1. The molecule has 0 fully saturated rings. The van der Waals surface area contributed by atoms with Crippen LogP contribution >= 0.6 is 15.9 Å². The van der Waals surface area contributed by atoms with E-state index in [0.717, 1.165) is 10.0 Å². The molecule has 0 atom stereocenters. The first kappa shape index (κ1) is 13.4. The van der Waals surface area contributed by atoms with Crippen molar-refractivity contribution in [2.24, 2.45) is 0 Å². The fourth-order valence-corrected chi connectivity index (χ4v) is 2.07. The van der Waals surface area contributed by atoms with Gasteiger partial charge in [0.1, 0.15) is 6.61 Å². The lowest BCUT2D eigenvalue weighted by Crippen LogP contribution is -2.01. The summed E-state index contributed by atoms with van der Waals surface area (Å²) in [4.78, 5) is 10.7. The van der Waals surface area contributed by atoms with Gasteiger partial charge in [-0.15, -0.1) is 0 Å². The molecule has 0 radical (unpaired) electrons. The number of para-hydroxylation sites is 1. The molecule has 0 unspecified atom stereocenters. The highest BCUT2D eigenvalue weighted by molar-refractivity contribution is 9.10. The second kappa shape index (κ2) is 5.75. The summed E-state index contributed by atoms with van der Waals surface area (Å²) >= 11 is 3.37. The number of carboxylic acid groups (broad SMARTS) is 1. The molecule has 98 valence electrons. The fraction of sp³-hybridized carbons (Fsp3) is 0.0714. The second-order valence-corrected chi connectivity index (χ2v) is 4.80. The Balaban J connectivity index is 2.08. The molecule has 0 heterocycles. The van der Waals surface area contributed by atoms with Gasteiger partial charge in [-0.1, -0.05) is 18.2 Å². The summed E-state index contributed by atoms with van der Waals surface area (Å²) in [5, 5.41) is 8.80. The molecular weight excluding hydrogens is 310 g/mol. The number of benzene rings is 2. The molecule has 0 aliphatic heterocycles. The Kier molecular flexibility index (Phi) is 4.06. The molecule has 2 aromatic carbocycles. The monoisotopic (exact) mass is 321 g/mol. The Morgan fingerprint density at radius 3 is 2.47 bits per heavy atom. The fourth-order valence-electron chi connectivity index (χ4n) is 1.58. The number of ether oxygens (including phenoxy) is 1. The highest BCUT2D eigenvalue weighted by Crippen LogP contribution is 2.31. The van der Waals surface area contributed by atoms with Gasteiger partial charge in [-0.2, -0.15) is 0 Å². The Labute approximate surface area is 118 Å². The molecule has 0 saturated heterocycles. The molecule has 0 aliphatic rings. The number of halogens is 1. The van der Waals surface area contributed by atoms with Gasteiger partial charge in [0.25, 0.3) is 0 Å². The molecule has 0 saturated carbocycles. The second-order valence-electron chi connectivity index (χ2n) is 3.95. The Morgan fingerprint density at radius 2 is 1.89 bits per heavy atom. The highest BCUT2D eigenvalue weighted by atomic mass is 79.9. The molecule has 2 rings (SSSR count). The molecule has 0 aliphatic carbocycles. The SMILES string of the molecule is Nc1cccc(Br)c1OCc1ccc(C(=O)O)cc1. The van der Waals surface area contributed by atoms with E-state index in [-0.39, 0.29) is 5.56 Å². The average Bonchev–Trinajstić information content (AvgIpc) is 2.38. The van der Waals surface area contributed by atoms with Crippen LogP contribution in [0.25, 0.3) is 0 Å². The summed E-state index contributed by atoms with van der Waals surface area (Å²) in [6.07, 6.45) is 0. The topological polar surface area (TPSA) is 72.5 Å². The zero-order valence-corrected chi connectivity index (χ0v) is 11.6. The van der Waals surface area contributed by atoms with Crippen molar-refractivity contribution in [3.05, 3.63) is 58.1 Å². The van der Waals surface area contributed by atoms with Gasteiger partial charge in [0.15, 0.2) is 5.75 Å². The number of hydrogen-bond donors (Lipinski definition) is 2. The smallest absolute Gasteiger partial charge is 0.335 e. The van der Waals surface area contributed by atoms with E-state index in [0.29, 0.717) is 18.0 Å². The van der Waals surface area contributed by atoms with Crippen molar-refractivity contribution in [2.45, 2.75) is 6.61 Å². The summed E-state index contributed by atoms with van der Waals surface area (Å²) in [6, 6.07) is 12.0. The minimum Gasteiger partial charge on any atom is -0.486 e. The predicted molar refractivity (Wildman–Crippen MR) is 76.3 cm³/mol. The molecule has 0 bridgehead atoms. The largest absolute Gasteiger partial charge is 0.486 e. The highest BCUT2D eigenvalue weighted by Gasteiger charge is 2.06. The maximum Gasteiger partial charge on any atom is 0.335 e. The molecule has 5 heteroatoms. The number of nitrogens with two attached hydrogens (primary N) is 1. The molecule has 2 aromatic rings. The third-order valence-corrected chi connectivity index (χ3v) is 3.21. The standard InChI is InChI=1S/C14H12BrNO3/c15-11-2-1-3-12(16)13(11)19-8-9-4-6-10(7-5-9)14(17)18/h1-7H,8,16H2,(H,17,18). The molecule has 0 spiro atoms. The molecular formula is C14H12BrNO3. The Hall–Kier alpha value is -2.01. The van der Waals surface area contributed by atoms with E-state index in [9.17, 15) is 4.79 Å². The maximum absolute atomic E-state index is 10.7. The van der Waals surface area contributed by atoms with Crippen LogP contribution in [0.3, 0.4) is 0 Å². The van der Waals surface area contributed by atoms with E-state index in [1.165, 1.54) is 0 Å². The molecule has 4 nitrogen and oxygen atoms in total. The lowest BCUT2D eigenvalue weighted by molar-refractivity contribution is 0.0697. The van der Waals surface area contributed by atoms with E-state index in [2.05, 4.69) is 15.9 Å². The van der Waals surface area contributed by atoms with Crippen molar-refractivity contribution < 1.29 is 14.6 Å². The maximum atomic E-state index is 10.7. The summed E-state index contributed by atoms with van der Waals surface area (Å²) in [6.45, 7) is 0.326. The van der Waals surface area contributed by atoms with Crippen LogP contribution in [0.5, 0.6) is 5.75 Å². The number of nitrogen functional groups attached to an aromatic ring is 1.